The molecule has 2 aromatic rings. The van der Waals surface area contributed by atoms with E-state index < -0.39 is 6.04 Å². The smallest absolute Gasteiger partial charge is 0.255 e. The second kappa shape index (κ2) is 9.43. The molecule has 0 fully saturated rings. The summed E-state index contributed by atoms with van der Waals surface area (Å²) in [5.74, 6) is 0.921. The molecule has 0 bridgehead atoms. The van der Waals surface area contributed by atoms with Crippen molar-refractivity contribution >= 4 is 11.8 Å². The van der Waals surface area contributed by atoms with Gasteiger partial charge in [0.15, 0.2) is 11.5 Å². The fourth-order valence-electron chi connectivity index (χ4n) is 3.54. The summed E-state index contributed by atoms with van der Waals surface area (Å²) in [6.45, 7) is 1.31. The number of benzene rings is 2. The molecule has 2 aromatic carbocycles. The van der Waals surface area contributed by atoms with Gasteiger partial charge in [-0.15, -0.1) is 0 Å². The minimum absolute atomic E-state index is 0.0786. The Balaban J connectivity index is 1.91. The Kier molecular flexibility index (Phi) is 6.72. The Morgan fingerprint density at radius 1 is 1.10 bits per heavy atom. The van der Waals surface area contributed by atoms with Gasteiger partial charge in [0.05, 0.1) is 33.3 Å². The number of rotatable bonds is 9. The minimum Gasteiger partial charge on any atom is -0.493 e. The van der Waals surface area contributed by atoms with Gasteiger partial charge in [-0.25, -0.2) is 0 Å². The summed E-state index contributed by atoms with van der Waals surface area (Å²) in [6.07, 6.45) is 0.138. The molecular formula is C22H26N2O5. The van der Waals surface area contributed by atoms with Gasteiger partial charge < -0.3 is 24.4 Å². The number of nitrogens with zero attached hydrogens (tertiary/aromatic N) is 1. The van der Waals surface area contributed by atoms with E-state index in [2.05, 4.69) is 5.32 Å². The zero-order valence-corrected chi connectivity index (χ0v) is 16.9. The summed E-state index contributed by atoms with van der Waals surface area (Å²) in [5, 5.41) is 2.84. The van der Waals surface area contributed by atoms with Crippen LogP contribution in [-0.2, 0) is 16.1 Å². The van der Waals surface area contributed by atoms with Gasteiger partial charge in [-0.05, 0) is 29.3 Å². The Labute approximate surface area is 170 Å². The van der Waals surface area contributed by atoms with Crippen LogP contribution in [0.1, 0.15) is 33.9 Å². The molecule has 0 unspecified atom stereocenters. The largest absolute Gasteiger partial charge is 0.493 e. The van der Waals surface area contributed by atoms with Crippen LogP contribution in [0.3, 0.4) is 0 Å². The molecule has 0 radical (unpaired) electrons. The van der Waals surface area contributed by atoms with Crippen LogP contribution < -0.4 is 14.8 Å². The van der Waals surface area contributed by atoms with Crippen LogP contribution in [-0.4, -0.2) is 51.2 Å². The Morgan fingerprint density at radius 2 is 1.86 bits per heavy atom. The van der Waals surface area contributed by atoms with Crippen molar-refractivity contribution in [2.75, 3.05) is 34.5 Å². The van der Waals surface area contributed by atoms with Crippen LogP contribution in [0.25, 0.3) is 0 Å². The monoisotopic (exact) mass is 398 g/mol. The average Bonchev–Trinajstić information content (AvgIpc) is 3.08. The van der Waals surface area contributed by atoms with Crippen molar-refractivity contribution < 1.29 is 23.8 Å². The van der Waals surface area contributed by atoms with Gasteiger partial charge in [-0.2, -0.15) is 0 Å². The first-order valence-electron chi connectivity index (χ1n) is 9.45. The molecule has 29 heavy (non-hydrogen) atoms. The second-order valence-corrected chi connectivity index (χ2v) is 6.77. The molecule has 1 atom stereocenters. The van der Waals surface area contributed by atoms with Crippen LogP contribution in [0.4, 0.5) is 0 Å². The number of carbonyl (C=O) groups is 2. The molecule has 1 heterocycles. The summed E-state index contributed by atoms with van der Waals surface area (Å²) in [5.41, 5.74) is 2.45. The number of ether oxygens (including phenoxy) is 3. The number of carbonyl (C=O) groups excluding carboxylic acids is 2. The molecule has 0 spiro atoms. The Morgan fingerprint density at radius 3 is 2.55 bits per heavy atom. The van der Waals surface area contributed by atoms with Gasteiger partial charge in [0.2, 0.25) is 5.91 Å². The van der Waals surface area contributed by atoms with Gasteiger partial charge in [0, 0.05) is 25.8 Å². The molecule has 2 amide bonds. The first-order chi connectivity index (χ1) is 14.1. The topological polar surface area (TPSA) is 77.1 Å². The summed E-state index contributed by atoms with van der Waals surface area (Å²) in [6, 6.07) is 12.6. The van der Waals surface area contributed by atoms with Crippen molar-refractivity contribution in [3.8, 4) is 11.5 Å². The molecule has 1 aliphatic rings. The lowest BCUT2D eigenvalue weighted by Gasteiger charge is -2.28. The highest BCUT2D eigenvalue weighted by Crippen LogP contribution is 2.37. The molecule has 7 heteroatoms. The standard InChI is InChI=1S/C22H26N2O5/c1-27-11-10-23-21(25)13-18(15-8-9-19(28-2)20(12-15)29-3)24-14-16-6-4-5-7-17(16)22(24)26/h4-9,12,18H,10-11,13-14H2,1-3H3,(H,23,25)/t18-/m1/s1. The van der Waals surface area contributed by atoms with E-state index >= 15 is 0 Å². The highest BCUT2D eigenvalue weighted by Gasteiger charge is 2.34. The quantitative estimate of drug-likeness (QED) is 0.657. The fourth-order valence-corrected chi connectivity index (χ4v) is 3.54. The van der Waals surface area contributed by atoms with Gasteiger partial charge in [0.1, 0.15) is 0 Å². The van der Waals surface area contributed by atoms with E-state index in [0.717, 1.165) is 11.1 Å². The Hall–Kier alpha value is -3.06. The van der Waals surface area contributed by atoms with Gasteiger partial charge >= 0.3 is 0 Å². The van der Waals surface area contributed by atoms with Crippen molar-refractivity contribution in [1.29, 1.82) is 0 Å². The second-order valence-electron chi connectivity index (χ2n) is 6.77. The van der Waals surface area contributed by atoms with Gasteiger partial charge in [-0.3, -0.25) is 9.59 Å². The maximum Gasteiger partial charge on any atom is 0.255 e. The first-order valence-corrected chi connectivity index (χ1v) is 9.45. The van der Waals surface area contributed by atoms with E-state index in [1.807, 2.05) is 36.4 Å². The number of hydrogen-bond donors (Lipinski definition) is 1. The lowest BCUT2D eigenvalue weighted by Crippen LogP contribution is -2.35. The summed E-state index contributed by atoms with van der Waals surface area (Å²) < 4.78 is 15.7. The molecule has 0 saturated carbocycles. The van der Waals surface area contributed by atoms with Crippen LogP contribution in [0.2, 0.25) is 0 Å². The van der Waals surface area contributed by atoms with Gasteiger partial charge in [0.25, 0.3) is 5.91 Å². The number of hydrogen-bond acceptors (Lipinski definition) is 5. The van der Waals surface area contributed by atoms with Crippen molar-refractivity contribution in [2.24, 2.45) is 0 Å². The fraction of sp³-hybridized carbons (Fsp3) is 0.364. The van der Waals surface area contributed by atoms with Crippen molar-refractivity contribution in [3.05, 3.63) is 59.2 Å². The predicted octanol–water partition coefficient (Wildman–Crippen LogP) is 2.55. The lowest BCUT2D eigenvalue weighted by molar-refractivity contribution is -0.122. The van der Waals surface area contributed by atoms with Crippen LogP contribution in [0, 0.1) is 0 Å². The third kappa shape index (κ3) is 4.51. The first kappa shape index (κ1) is 20.7. The average molecular weight is 398 g/mol. The molecule has 0 saturated heterocycles. The van der Waals surface area contributed by atoms with E-state index in [1.54, 1.807) is 32.3 Å². The van der Waals surface area contributed by atoms with Crippen LogP contribution in [0.5, 0.6) is 11.5 Å². The zero-order valence-electron chi connectivity index (χ0n) is 16.9. The number of amides is 2. The summed E-state index contributed by atoms with van der Waals surface area (Å²) in [7, 11) is 4.71. The van der Waals surface area contributed by atoms with E-state index in [-0.39, 0.29) is 18.2 Å². The summed E-state index contributed by atoms with van der Waals surface area (Å²) in [4.78, 5) is 27.3. The van der Waals surface area contributed by atoms with Crippen LogP contribution >= 0.6 is 0 Å². The Bertz CT molecular complexity index is 883. The van der Waals surface area contributed by atoms with E-state index in [4.69, 9.17) is 14.2 Å². The van der Waals surface area contributed by atoms with Crippen molar-refractivity contribution in [1.82, 2.24) is 10.2 Å². The van der Waals surface area contributed by atoms with Crippen molar-refractivity contribution in [2.45, 2.75) is 19.0 Å². The molecule has 3 rings (SSSR count). The normalized spacial score (nSPS) is 13.8. The number of methoxy groups -OCH3 is 3. The van der Waals surface area contributed by atoms with Gasteiger partial charge in [-0.1, -0.05) is 24.3 Å². The van der Waals surface area contributed by atoms with Crippen molar-refractivity contribution in [3.63, 3.8) is 0 Å². The molecule has 7 nitrogen and oxygen atoms in total. The lowest BCUT2D eigenvalue weighted by atomic mass is 10.0. The number of nitrogens with one attached hydrogen (secondary N) is 1. The summed E-state index contributed by atoms with van der Waals surface area (Å²) >= 11 is 0. The minimum atomic E-state index is -0.433. The third-order valence-electron chi connectivity index (χ3n) is 5.03. The molecular weight excluding hydrogens is 372 g/mol. The predicted molar refractivity (Wildman–Crippen MR) is 108 cm³/mol. The van der Waals surface area contributed by atoms with E-state index in [1.165, 1.54) is 0 Å². The number of fused-ring (bicyclic) bond motifs is 1. The molecule has 1 aliphatic heterocycles. The molecule has 1 N–H and O–H groups in total. The third-order valence-corrected chi connectivity index (χ3v) is 5.03. The maximum absolute atomic E-state index is 13.0. The van der Waals surface area contributed by atoms with E-state index in [0.29, 0.717) is 36.8 Å². The highest BCUT2D eigenvalue weighted by atomic mass is 16.5. The zero-order chi connectivity index (χ0) is 20.8. The SMILES string of the molecule is COCCNC(=O)C[C@H](c1ccc(OC)c(OC)c1)N1Cc2ccccc2C1=O. The maximum atomic E-state index is 13.0. The molecule has 154 valence electrons. The molecule has 0 aliphatic carbocycles. The molecule has 0 aromatic heterocycles. The van der Waals surface area contributed by atoms with E-state index in [9.17, 15) is 9.59 Å². The van der Waals surface area contributed by atoms with Crippen LogP contribution in [0.15, 0.2) is 42.5 Å². The highest BCUT2D eigenvalue weighted by molar-refractivity contribution is 5.98.